The Morgan fingerprint density at radius 2 is 1.52 bits per heavy atom. The summed E-state index contributed by atoms with van der Waals surface area (Å²) in [7, 11) is 0. The number of benzene rings is 4. The largest absolute Gasteiger partial charge is 0.321 e. The molecule has 0 radical (unpaired) electrons. The highest BCUT2D eigenvalue weighted by Crippen LogP contribution is 2.31. The molecule has 1 heterocycles. The number of halogens is 1. The van der Waals surface area contributed by atoms with Gasteiger partial charge in [-0.05, 0) is 53.2 Å². The van der Waals surface area contributed by atoms with Gasteiger partial charge >= 0.3 is 0 Å². The predicted molar refractivity (Wildman–Crippen MR) is 126 cm³/mol. The van der Waals surface area contributed by atoms with Gasteiger partial charge in [0.1, 0.15) is 0 Å². The molecule has 0 unspecified atom stereocenters. The number of aromatic nitrogens is 2. The van der Waals surface area contributed by atoms with Gasteiger partial charge in [0.15, 0.2) is 5.69 Å². The van der Waals surface area contributed by atoms with Crippen LogP contribution in [-0.4, -0.2) is 15.7 Å². The highest BCUT2D eigenvalue weighted by molar-refractivity contribution is 6.30. The molecule has 1 N–H and O–H groups in total. The van der Waals surface area contributed by atoms with Gasteiger partial charge in [-0.25, -0.2) is 4.68 Å². The van der Waals surface area contributed by atoms with Gasteiger partial charge in [0.05, 0.1) is 11.4 Å². The number of carbonyl (C=O) groups is 1. The lowest BCUT2D eigenvalue weighted by molar-refractivity contribution is 0.102. The molecule has 0 aliphatic rings. The van der Waals surface area contributed by atoms with Crippen molar-refractivity contribution in [1.29, 1.82) is 0 Å². The maximum absolute atomic E-state index is 13.0. The second-order valence-corrected chi connectivity index (χ2v) is 7.59. The summed E-state index contributed by atoms with van der Waals surface area (Å²) in [6, 6.07) is 33.0. The lowest BCUT2D eigenvalue weighted by atomic mass is 10.0. The van der Waals surface area contributed by atoms with Crippen molar-refractivity contribution < 1.29 is 4.79 Å². The fourth-order valence-corrected chi connectivity index (χ4v) is 3.75. The fraction of sp³-hybridized carbons (Fsp3) is 0. The van der Waals surface area contributed by atoms with Crippen LogP contribution in [0.5, 0.6) is 0 Å². The van der Waals surface area contributed by atoms with Gasteiger partial charge in [-0.15, -0.1) is 0 Å². The Morgan fingerprint density at radius 3 is 2.32 bits per heavy atom. The van der Waals surface area contributed by atoms with E-state index in [1.807, 2.05) is 59.3 Å². The van der Waals surface area contributed by atoms with Crippen LogP contribution < -0.4 is 5.32 Å². The maximum atomic E-state index is 13.0. The molecule has 31 heavy (non-hydrogen) atoms. The van der Waals surface area contributed by atoms with Crippen LogP contribution in [0, 0.1) is 0 Å². The molecule has 1 aromatic heterocycles. The van der Waals surface area contributed by atoms with Crippen molar-refractivity contribution >= 4 is 34.0 Å². The summed E-state index contributed by atoms with van der Waals surface area (Å²) in [4.78, 5) is 13.0. The number of para-hydroxylation sites is 1. The van der Waals surface area contributed by atoms with E-state index >= 15 is 0 Å². The number of anilines is 1. The van der Waals surface area contributed by atoms with Crippen molar-refractivity contribution in [2.24, 2.45) is 0 Å². The summed E-state index contributed by atoms with van der Waals surface area (Å²) in [6.45, 7) is 0. The van der Waals surface area contributed by atoms with Crippen LogP contribution in [0.15, 0.2) is 103 Å². The lowest BCUT2D eigenvalue weighted by Crippen LogP contribution is -2.13. The third-order valence-electron chi connectivity index (χ3n) is 5.11. The zero-order chi connectivity index (χ0) is 21.2. The zero-order valence-electron chi connectivity index (χ0n) is 16.5. The average molecular weight is 424 g/mol. The fourth-order valence-electron chi connectivity index (χ4n) is 3.63. The molecule has 4 nitrogen and oxygen atoms in total. The standard InChI is InChI=1S/C26H18ClN3O/c27-19-13-15-20(16-14-19)28-26(31)24-17-25(30(29-24)21-9-2-1-3-10-21)23-12-6-8-18-7-4-5-11-22(18)23/h1-17H,(H,28,31). The number of hydrogen-bond donors (Lipinski definition) is 1. The van der Waals surface area contributed by atoms with Gasteiger partial charge in [-0.1, -0.05) is 72.3 Å². The number of hydrogen-bond acceptors (Lipinski definition) is 2. The zero-order valence-corrected chi connectivity index (χ0v) is 17.3. The summed E-state index contributed by atoms with van der Waals surface area (Å²) in [5.74, 6) is -0.279. The number of carbonyl (C=O) groups excluding carboxylic acids is 1. The van der Waals surface area contributed by atoms with Crippen LogP contribution in [-0.2, 0) is 0 Å². The first-order valence-electron chi connectivity index (χ1n) is 9.89. The Balaban J connectivity index is 1.62. The van der Waals surface area contributed by atoms with Crippen LogP contribution in [0.1, 0.15) is 10.5 Å². The molecule has 5 rings (SSSR count). The van der Waals surface area contributed by atoms with E-state index in [-0.39, 0.29) is 5.91 Å². The first-order chi connectivity index (χ1) is 15.2. The molecular formula is C26H18ClN3O. The minimum Gasteiger partial charge on any atom is -0.321 e. The first kappa shape index (κ1) is 19.1. The third kappa shape index (κ3) is 3.81. The minimum atomic E-state index is -0.279. The predicted octanol–water partition coefficient (Wildman–Crippen LogP) is 6.60. The second-order valence-electron chi connectivity index (χ2n) is 7.15. The van der Waals surface area contributed by atoms with E-state index in [0.717, 1.165) is 27.7 Å². The van der Waals surface area contributed by atoms with E-state index in [0.29, 0.717) is 16.4 Å². The average Bonchev–Trinajstić information content (AvgIpc) is 3.26. The molecule has 0 aliphatic carbocycles. The molecule has 0 saturated carbocycles. The van der Waals surface area contributed by atoms with Gasteiger partial charge in [-0.2, -0.15) is 5.10 Å². The van der Waals surface area contributed by atoms with Crippen LogP contribution in [0.2, 0.25) is 5.02 Å². The van der Waals surface area contributed by atoms with E-state index in [1.165, 1.54) is 0 Å². The molecule has 0 spiro atoms. The molecular weight excluding hydrogens is 406 g/mol. The van der Waals surface area contributed by atoms with Crippen LogP contribution in [0.25, 0.3) is 27.7 Å². The molecule has 1 amide bonds. The topological polar surface area (TPSA) is 46.9 Å². The van der Waals surface area contributed by atoms with Crippen molar-refractivity contribution in [3.63, 3.8) is 0 Å². The number of amides is 1. The summed E-state index contributed by atoms with van der Waals surface area (Å²) in [5.41, 5.74) is 3.75. The van der Waals surface area contributed by atoms with Crippen molar-refractivity contribution in [2.45, 2.75) is 0 Å². The van der Waals surface area contributed by atoms with Crippen molar-refractivity contribution in [2.75, 3.05) is 5.32 Å². The summed E-state index contributed by atoms with van der Waals surface area (Å²) in [5, 5.41) is 10.4. The second kappa shape index (κ2) is 8.09. The SMILES string of the molecule is O=C(Nc1ccc(Cl)cc1)c1cc(-c2cccc3ccccc23)n(-c2ccccc2)n1. The van der Waals surface area contributed by atoms with Gasteiger partial charge in [-0.3, -0.25) is 4.79 Å². The maximum Gasteiger partial charge on any atom is 0.276 e. The Morgan fingerprint density at radius 1 is 0.806 bits per heavy atom. The normalized spacial score (nSPS) is 10.9. The number of nitrogens with zero attached hydrogens (tertiary/aromatic N) is 2. The van der Waals surface area contributed by atoms with E-state index in [1.54, 1.807) is 24.3 Å². The number of rotatable bonds is 4. The molecule has 5 heteroatoms. The van der Waals surface area contributed by atoms with Gasteiger partial charge in [0, 0.05) is 16.3 Å². The number of fused-ring (bicyclic) bond motifs is 1. The molecule has 0 saturated heterocycles. The first-order valence-corrected chi connectivity index (χ1v) is 10.3. The molecule has 0 atom stereocenters. The Hall–Kier alpha value is -3.89. The lowest BCUT2D eigenvalue weighted by Gasteiger charge is -2.10. The molecule has 150 valence electrons. The van der Waals surface area contributed by atoms with Crippen molar-refractivity contribution in [3.8, 4) is 16.9 Å². The van der Waals surface area contributed by atoms with Crippen LogP contribution in [0.3, 0.4) is 0 Å². The van der Waals surface area contributed by atoms with Crippen LogP contribution in [0.4, 0.5) is 5.69 Å². The highest BCUT2D eigenvalue weighted by Gasteiger charge is 2.18. The Bertz CT molecular complexity index is 1370. The van der Waals surface area contributed by atoms with Gasteiger partial charge in [0.25, 0.3) is 5.91 Å². The van der Waals surface area contributed by atoms with Crippen LogP contribution >= 0.6 is 11.6 Å². The van der Waals surface area contributed by atoms with E-state index in [9.17, 15) is 4.79 Å². The Labute approximate surface area is 184 Å². The number of nitrogens with one attached hydrogen (secondary N) is 1. The molecule has 5 aromatic rings. The highest BCUT2D eigenvalue weighted by atomic mass is 35.5. The third-order valence-corrected chi connectivity index (χ3v) is 5.36. The monoisotopic (exact) mass is 423 g/mol. The van der Waals surface area contributed by atoms with E-state index in [2.05, 4.69) is 34.7 Å². The smallest absolute Gasteiger partial charge is 0.276 e. The molecule has 4 aromatic carbocycles. The van der Waals surface area contributed by atoms with Gasteiger partial charge in [0.2, 0.25) is 0 Å². The summed E-state index contributed by atoms with van der Waals surface area (Å²) in [6.07, 6.45) is 0. The summed E-state index contributed by atoms with van der Waals surface area (Å²) < 4.78 is 1.82. The van der Waals surface area contributed by atoms with Crippen molar-refractivity contribution in [1.82, 2.24) is 9.78 Å². The quantitative estimate of drug-likeness (QED) is 0.354. The van der Waals surface area contributed by atoms with E-state index in [4.69, 9.17) is 11.6 Å². The van der Waals surface area contributed by atoms with Gasteiger partial charge < -0.3 is 5.32 Å². The van der Waals surface area contributed by atoms with Crippen molar-refractivity contribution in [3.05, 3.63) is 114 Å². The molecule has 0 bridgehead atoms. The minimum absolute atomic E-state index is 0.279. The molecule has 0 fully saturated rings. The molecule has 0 aliphatic heterocycles. The van der Waals surface area contributed by atoms with E-state index < -0.39 is 0 Å². The summed E-state index contributed by atoms with van der Waals surface area (Å²) >= 11 is 5.94. The Kier molecular flexibility index (Phi) is 4.98.